The molecule has 118 valence electrons. The lowest BCUT2D eigenvalue weighted by atomic mass is 10.2. The molecule has 0 fully saturated rings. The van der Waals surface area contributed by atoms with Gasteiger partial charge in [-0.25, -0.2) is 0 Å². The van der Waals surface area contributed by atoms with Crippen LogP contribution in [0, 0.1) is 13.8 Å². The van der Waals surface area contributed by atoms with Crippen molar-refractivity contribution >= 4 is 11.4 Å². The SMILES string of the molecule is Cc1cc(N)ccc1OCCCCOc1ccc(N)cc1C. The molecule has 4 N–H and O–H groups in total. The zero-order valence-electron chi connectivity index (χ0n) is 13.3. The third-order valence-electron chi connectivity index (χ3n) is 3.45. The largest absolute Gasteiger partial charge is 0.493 e. The molecule has 0 spiro atoms. The molecule has 0 heterocycles. The summed E-state index contributed by atoms with van der Waals surface area (Å²) >= 11 is 0. The molecule has 0 radical (unpaired) electrons. The highest BCUT2D eigenvalue weighted by Gasteiger charge is 2.01. The second-order valence-corrected chi connectivity index (χ2v) is 5.45. The zero-order chi connectivity index (χ0) is 15.9. The quantitative estimate of drug-likeness (QED) is 0.604. The Morgan fingerprint density at radius 3 is 1.50 bits per heavy atom. The lowest BCUT2D eigenvalue weighted by molar-refractivity contribution is 0.265. The predicted molar refractivity (Wildman–Crippen MR) is 91.4 cm³/mol. The van der Waals surface area contributed by atoms with E-state index in [1.165, 1.54) is 0 Å². The van der Waals surface area contributed by atoms with Crippen LogP contribution < -0.4 is 20.9 Å². The van der Waals surface area contributed by atoms with Crippen molar-refractivity contribution in [2.45, 2.75) is 26.7 Å². The van der Waals surface area contributed by atoms with E-state index in [0.717, 1.165) is 46.8 Å². The van der Waals surface area contributed by atoms with Crippen molar-refractivity contribution in [2.24, 2.45) is 0 Å². The van der Waals surface area contributed by atoms with E-state index in [2.05, 4.69) is 0 Å². The molecule has 0 atom stereocenters. The number of hydrogen-bond donors (Lipinski definition) is 2. The summed E-state index contributed by atoms with van der Waals surface area (Å²) < 4.78 is 11.5. The molecular weight excluding hydrogens is 276 g/mol. The number of nitrogens with two attached hydrogens (primary N) is 2. The number of benzene rings is 2. The molecule has 0 aliphatic heterocycles. The molecule has 4 heteroatoms. The minimum absolute atomic E-state index is 0.675. The minimum Gasteiger partial charge on any atom is -0.493 e. The maximum atomic E-state index is 5.76. The van der Waals surface area contributed by atoms with Gasteiger partial charge in [0.15, 0.2) is 0 Å². The van der Waals surface area contributed by atoms with Crippen molar-refractivity contribution in [1.29, 1.82) is 0 Å². The van der Waals surface area contributed by atoms with Gasteiger partial charge < -0.3 is 20.9 Å². The lowest BCUT2D eigenvalue weighted by Gasteiger charge is -2.11. The Kier molecular flexibility index (Phi) is 5.53. The summed E-state index contributed by atoms with van der Waals surface area (Å²) in [6, 6.07) is 11.4. The first kappa shape index (κ1) is 16.0. The van der Waals surface area contributed by atoms with Gasteiger partial charge >= 0.3 is 0 Å². The van der Waals surface area contributed by atoms with E-state index >= 15 is 0 Å². The van der Waals surface area contributed by atoms with Crippen LogP contribution in [0.3, 0.4) is 0 Å². The average Bonchev–Trinajstić information content (AvgIpc) is 2.46. The van der Waals surface area contributed by atoms with Crippen LogP contribution in [0.4, 0.5) is 11.4 Å². The molecule has 0 aromatic heterocycles. The second-order valence-electron chi connectivity index (χ2n) is 5.45. The molecule has 0 saturated carbocycles. The molecule has 22 heavy (non-hydrogen) atoms. The summed E-state index contributed by atoms with van der Waals surface area (Å²) in [5.41, 5.74) is 15.1. The van der Waals surface area contributed by atoms with Gasteiger partial charge in [0.2, 0.25) is 0 Å². The molecule has 0 unspecified atom stereocenters. The minimum atomic E-state index is 0.675. The Morgan fingerprint density at radius 2 is 1.14 bits per heavy atom. The van der Waals surface area contributed by atoms with Crippen LogP contribution in [-0.2, 0) is 0 Å². The van der Waals surface area contributed by atoms with Crippen LogP contribution in [0.25, 0.3) is 0 Å². The van der Waals surface area contributed by atoms with Gasteiger partial charge in [-0.1, -0.05) is 0 Å². The van der Waals surface area contributed by atoms with E-state index in [1.807, 2.05) is 50.2 Å². The number of ether oxygens (including phenoxy) is 2. The molecule has 0 aliphatic carbocycles. The van der Waals surface area contributed by atoms with Gasteiger partial charge in [0.05, 0.1) is 13.2 Å². The highest BCUT2D eigenvalue weighted by molar-refractivity contribution is 5.47. The summed E-state index contributed by atoms with van der Waals surface area (Å²) in [7, 11) is 0. The first-order chi connectivity index (χ1) is 10.6. The van der Waals surface area contributed by atoms with Crippen molar-refractivity contribution < 1.29 is 9.47 Å². The van der Waals surface area contributed by atoms with Crippen molar-refractivity contribution in [3.8, 4) is 11.5 Å². The molecule has 4 nitrogen and oxygen atoms in total. The number of nitrogen functional groups attached to an aromatic ring is 2. The highest BCUT2D eigenvalue weighted by atomic mass is 16.5. The standard InChI is InChI=1S/C18H24N2O2/c1-13-11-15(19)5-7-17(13)21-9-3-4-10-22-18-8-6-16(20)12-14(18)2/h5-8,11-12H,3-4,9-10,19-20H2,1-2H3. The van der Waals surface area contributed by atoms with Crippen molar-refractivity contribution in [2.75, 3.05) is 24.7 Å². The fourth-order valence-electron chi connectivity index (χ4n) is 2.24. The van der Waals surface area contributed by atoms with Gasteiger partial charge in [-0.15, -0.1) is 0 Å². The van der Waals surface area contributed by atoms with Gasteiger partial charge in [-0.2, -0.15) is 0 Å². The molecule has 0 saturated heterocycles. The maximum Gasteiger partial charge on any atom is 0.122 e. The van der Waals surface area contributed by atoms with Crippen molar-refractivity contribution in [1.82, 2.24) is 0 Å². The molecule has 0 amide bonds. The smallest absolute Gasteiger partial charge is 0.122 e. The van der Waals surface area contributed by atoms with Crippen molar-refractivity contribution in [3.63, 3.8) is 0 Å². The van der Waals surface area contributed by atoms with Crippen LogP contribution in [0.1, 0.15) is 24.0 Å². The molecule has 0 bridgehead atoms. The Morgan fingerprint density at radius 1 is 0.727 bits per heavy atom. The van der Waals surface area contributed by atoms with Gasteiger partial charge in [0, 0.05) is 11.4 Å². The van der Waals surface area contributed by atoms with Crippen molar-refractivity contribution in [3.05, 3.63) is 47.5 Å². The number of anilines is 2. The second kappa shape index (κ2) is 7.59. The number of hydrogen-bond acceptors (Lipinski definition) is 4. The summed E-state index contributed by atoms with van der Waals surface area (Å²) in [6.07, 6.45) is 1.88. The van der Waals surface area contributed by atoms with Crippen LogP contribution >= 0.6 is 0 Å². The Hall–Kier alpha value is -2.36. The third kappa shape index (κ3) is 4.58. The molecule has 2 aromatic rings. The fraction of sp³-hybridized carbons (Fsp3) is 0.333. The van der Waals surface area contributed by atoms with Gasteiger partial charge in [0.1, 0.15) is 11.5 Å². The zero-order valence-corrected chi connectivity index (χ0v) is 13.3. The maximum absolute atomic E-state index is 5.76. The molecule has 0 aliphatic rings. The van der Waals surface area contributed by atoms with Crippen LogP contribution in [0.5, 0.6) is 11.5 Å². The average molecular weight is 300 g/mol. The number of aryl methyl sites for hydroxylation is 2. The van der Waals surface area contributed by atoms with E-state index in [0.29, 0.717) is 13.2 Å². The lowest BCUT2D eigenvalue weighted by Crippen LogP contribution is -2.04. The molecule has 2 rings (SSSR count). The summed E-state index contributed by atoms with van der Waals surface area (Å²) in [6.45, 7) is 5.35. The predicted octanol–water partition coefficient (Wildman–Crippen LogP) is 3.71. The van der Waals surface area contributed by atoms with Crippen LogP contribution in [-0.4, -0.2) is 13.2 Å². The highest BCUT2D eigenvalue weighted by Crippen LogP contribution is 2.21. The topological polar surface area (TPSA) is 70.5 Å². The van der Waals surface area contributed by atoms with Crippen LogP contribution in [0.2, 0.25) is 0 Å². The van der Waals surface area contributed by atoms with Gasteiger partial charge in [-0.3, -0.25) is 0 Å². The van der Waals surface area contributed by atoms with E-state index < -0.39 is 0 Å². The first-order valence-electron chi connectivity index (χ1n) is 7.54. The molecule has 2 aromatic carbocycles. The molecular formula is C18H24N2O2. The number of unbranched alkanes of at least 4 members (excludes halogenated alkanes) is 1. The Bertz CT molecular complexity index is 571. The fourth-order valence-corrected chi connectivity index (χ4v) is 2.24. The normalized spacial score (nSPS) is 10.5. The van der Waals surface area contributed by atoms with Gasteiger partial charge in [0.25, 0.3) is 0 Å². The van der Waals surface area contributed by atoms with E-state index in [1.54, 1.807) is 0 Å². The van der Waals surface area contributed by atoms with Gasteiger partial charge in [-0.05, 0) is 74.2 Å². The third-order valence-corrected chi connectivity index (χ3v) is 3.45. The monoisotopic (exact) mass is 300 g/mol. The number of rotatable bonds is 7. The summed E-state index contributed by atoms with van der Waals surface area (Å²) in [4.78, 5) is 0. The first-order valence-corrected chi connectivity index (χ1v) is 7.54. The Labute approximate surface area is 132 Å². The van der Waals surface area contributed by atoms with E-state index in [9.17, 15) is 0 Å². The van der Waals surface area contributed by atoms with E-state index in [-0.39, 0.29) is 0 Å². The summed E-state index contributed by atoms with van der Waals surface area (Å²) in [5, 5.41) is 0. The summed E-state index contributed by atoms with van der Waals surface area (Å²) in [5.74, 6) is 1.79. The van der Waals surface area contributed by atoms with E-state index in [4.69, 9.17) is 20.9 Å². The Balaban J connectivity index is 1.67. The van der Waals surface area contributed by atoms with Crippen LogP contribution in [0.15, 0.2) is 36.4 Å².